The van der Waals surface area contributed by atoms with Crippen molar-refractivity contribution in [3.63, 3.8) is 0 Å². The predicted octanol–water partition coefficient (Wildman–Crippen LogP) is 5.18. The van der Waals surface area contributed by atoms with Crippen LogP contribution in [0.1, 0.15) is 26.5 Å². The lowest BCUT2D eigenvalue weighted by Gasteiger charge is -2.09. The maximum absolute atomic E-state index is 11.5. The number of benzene rings is 1. The predicted molar refractivity (Wildman–Crippen MR) is 119 cm³/mol. The Kier molecular flexibility index (Phi) is 5.72. The molecular formula is C23H22N4O2S. The molecule has 0 aliphatic heterocycles. The van der Waals surface area contributed by atoms with E-state index < -0.39 is 0 Å². The van der Waals surface area contributed by atoms with Crippen LogP contribution in [-0.2, 0) is 11.2 Å². The quantitative estimate of drug-likeness (QED) is 0.447. The van der Waals surface area contributed by atoms with Crippen molar-refractivity contribution in [2.75, 3.05) is 0 Å². The summed E-state index contributed by atoms with van der Waals surface area (Å²) < 4.78 is 5.76. The van der Waals surface area contributed by atoms with Crippen LogP contribution in [0.4, 0.5) is 0 Å². The number of ether oxygens (including phenoxy) is 1. The highest BCUT2D eigenvalue weighted by Crippen LogP contribution is 2.39. The second kappa shape index (κ2) is 8.59. The SMILES string of the molecule is CC(=O)Cc1cc(-c2nc(-c3ccc(OC(C)C)cc3)c(-c3ncc[nH]3)s2)ccn1. The molecule has 0 fully saturated rings. The van der Waals surface area contributed by atoms with Gasteiger partial charge in [0.05, 0.1) is 16.7 Å². The number of carbonyl (C=O) groups excluding carboxylic acids is 1. The first kappa shape index (κ1) is 20.0. The zero-order chi connectivity index (χ0) is 21.1. The van der Waals surface area contributed by atoms with Crippen LogP contribution in [0.5, 0.6) is 5.75 Å². The summed E-state index contributed by atoms with van der Waals surface area (Å²) in [6, 6.07) is 11.8. The summed E-state index contributed by atoms with van der Waals surface area (Å²) in [4.78, 5) is 29.3. The van der Waals surface area contributed by atoms with E-state index in [1.807, 2.05) is 50.2 Å². The van der Waals surface area contributed by atoms with E-state index in [0.29, 0.717) is 6.42 Å². The fraction of sp³-hybridized carbons (Fsp3) is 0.217. The first-order valence-corrected chi connectivity index (χ1v) is 10.5. The van der Waals surface area contributed by atoms with Crippen LogP contribution in [0.25, 0.3) is 32.5 Å². The van der Waals surface area contributed by atoms with Gasteiger partial charge < -0.3 is 9.72 Å². The van der Waals surface area contributed by atoms with E-state index in [-0.39, 0.29) is 11.9 Å². The van der Waals surface area contributed by atoms with Gasteiger partial charge in [0.15, 0.2) is 0 Å². The molecule has 0 radical (unpaired) electrons. The third-order valence-corrected chi connectivity index (χ3v) is 5.44. The number of Topliss-reactive ketones (excluding diaryl/α,β-unsaturated/α-hetero) is 1. The Balaban J connectivity index is 1.76. The number of aromatic nitrogens is 4. The average Bonchev–Trinajstić information content (AvgIpc) is 3.38. The summed E-state index contributed by atoms with van der Waals surface area (Å²) in [6.45, 7) is 5.58. The first-order chi connectivity index (χ1) is 14.5. The molecule has 1 N–H and O–H groups in total. The lowest BCUT2D eigenvalue weighted by molar-refractivity contribution is -0.116. The number of nitrogens with zero attached hydrogens (tertiary/aromatic N) is 3. The number of thiazole rings is 1. The minimum Gasteiger partial charge on any atom is -0.491 e. The van der Waals surface area contributed by atoms with Gasteiger partial charge in [0, 0.05) is 41.8 Å². The fourth-order valence-corrected chi connectivity index (χ4v) is 4.16. The number of pyridine rings is 1. The number of nitrogens with one attached hydrogen (secondary N) is 1. The average molecular weight is 419 g/mol. The molecule has 6 nitrogen and oxygen atoms in total. The normalized spacial score (nSPS) is 11.1. The van der Waals surface area contributed by atoms with Gasteiger partial charge in [0.2, 0.25) is 0 Å². The topological polar surface area (TPSA) is 80.8 Å². The van der Waals surface area contributed by atoms with Gasteiger partial charge in [0.1, 0.15) is 22.4 Å². The van der Waals surface area contributed by atoms with E-state index >= 15 is 0 Å². The minimum atomic E-state index is 0.0828. The highest BCUT2D eigenvalue weighted by molar-refractivity contribution is 7.18. The minimum absolute atomic E-state index is 0.0828. The van der Waals surface area contributed by atoms with Gasteiger partial charge in [-0.25, -0.2) is 9.97 Å². The molecule has 0 unspecified atom stereocenters. The van der Waals surface area contributed by atoms with E-state index in [1.165, 1.54) is 0 Å². The molecule has 3 aromatic heterocycles. The first-order valence-electron chi connectivity index (χ1n) is 9.72. The molecule has 152 valence electrons. The van der Waals surface area contributed by atoms with Gasteiger partial charge in [-0.2, -0.15) is 0 Å². The summed E-state index contributed by atoms with van der Waals surface area (Å²) in [6.07, 6.45) is 5.69. The van der Waals surface area contributed by atoms with Gasteiger partial charge in [-0.05, 0) is 57.2 Å². The van der Waals surface area contributed by atoms with Gasteiger partial charge in [-0.3, -0.25) is 9.78 Å². The number of rotatable bonds is 7. The number of H-pyrrole nitrogens is 1. The molecule has 0 aliphatic carbocycles. The van der Waals surface area contributed by atoms with Crippen molar-refractivity contribution in [3.8, 4) is 38.3 Å². The summed E-state index contributed by atoms with van der Waals surface area (Å²) in [5, 5.41) is 0.853. The maximum Gasteiger partial charge on any atom is 0.149 e. The van der Waals surface area contributed by atoms with Crippen molar-refractivity contribution in [2.24, 2.45) is 0 Å². The highest BCUT2D eigenvalue weighted by atomic mass is 32.1. The fourth-order valence-electron chi connectivity index (χ4n) is 3.12. The lowest BCUT2D eigenvalue weighted by Crippen LogP contribution is -2.05. The molecule has 3 heterocycles. The van der Waals surface area contributed by atoms with Crippen LogP contribution in [0.3, 0.4) is 0 Å². The largest absolute Gasteiger partial charge is 0.491 e. The third kappa shape index (κ3) is 4.46. The summed E-state index contributed by atoms with van der Waals surface area (Å²) in [7, 11) is 0. The third-order valence-electron chi connectivity index (χ3n) is 4.33. The van der Waals surface area contributed by atoms with Crippen LogP contribution in [0, 0.1) is 0 Å². The molecule has 0 bridgehead atoms. The van der Waals surface area contributed by atoms with Crippen LogP contribution < -0.4 is 4.74 Å². The number of carbonyl (C=O) groups is 1. The maximum atomic E-state index is 11.5. The number of ketones is 1. The zero-order valence-corrected chi connectivity index (χ0v) is 17.9. The van der Waals surface area contributed by atoms with E-state index in [4.69, 9.17) is 9.72 Å². The van der Waals surface area contributed by atoms with Crippen LogP contribution >= 0.6 is 11.3 Å². The molecule has 0 saturated heterocycles. The van der Waals surface area contributed by atoms with E-state index in [9.17, 15) is 4.79 Å². The van der Waals surface area contributed by atoms with Crippen molar-refractivity contribution in [3.05, 3.63) is 60.7 Å². The van der Waals surface area contributed by atoms with Gasteiger partial charge in [0.25, 0.3) is 0 Å². The second-order valence-corrected chi connectivity index (χ2v) is 8.24. The summed E-state index contributed by atoms with van der Waals surface area (Å²) in [5.74, 6) is 1.68. The van der Waals surface area contributed by atoms with E-state index in [0.717, 1.165) is 44.0 Å². The Morgan fingerprint density at radius 3 is 2.57 bits per heavy atom. The number of aromatic amines is 1. The smallest absolute Gasteiger partial charge is 0.149 e. The van der Waals surface area contributed by atoms with Crippen LogP contribution in [-0.4, -0.2) is 31.8 Å². The molecular weight excluding hydrogens is 396 g/mol. The standard InChI is InChI=1S/C23H22N4O2S/c1-14(2)29-19-6-4-16(5-7-19)20-21(22-25-10-11-26-22)30-23(27-20)17-8-9-24-18(13-17)12-15(3)28/h4-11,13-14H,12H2,1-3H3,(H,25,26). The molecule has 7 heteroatoms. The van der Waals surface area contributed by atoms with Crippen molar-refractivity contribution in [1.82, 2.24) is 19.9 Å². The molecule has 4 rings (SSSR count). The van der Waals surface area contributed by atoms with Crippen molar-refractivity contribution < 1.29 is 9.53 Å². The Morgan fingerprint density at radius 1 is 1.10 bits per heavy atom. The lowest BCUT2D eigenvalue weighted by atomic mass is 10.1. The number of imidazole rings is 1. The molecule has 0 spiro atoms. The Bertz CT molecular complexity index is 1150. The van der Waals surface area contributed by atoms with Crippen molar-refractivity contribution in [1.29, 1.82) is 0 Å². The van der Waals surface area contributed by atoms with E-state index in [1.54, 1.807) is 36.9 Å². The second-order valence-electron chi connectivity index (χ2n) is 7.24. The zero-order valence-electron chi connectivity index (χ0n) is 17.0. The molecule has 30 heavy (non-hydrogen) atoms. The van der Waals surface area contributed by atoms with Crippen molar-refractivity contribution in [2.45, 2.75) is 33.3 Å². The monoisotopic (exact) mass is 418 g/mol. The molecule has 0 aliphatic rings. The van der Waals surface area contributed by atoms with Crippen LogP contribution in [0.2, 0.25) is 0 Å². The number of hydrogen-bond acceptors (Lipinski definition) is 6. The molecule has 0 saturated carbocycles. The van der Waals surface area contributed by atoms with Gasteiger partial charge >= 0.3 is 0 Å². The van der Waals surface area contributed by atoms with Crippen molar-refractivity contribution >= 4 is 17.1 Å². The summed E-state index contributed by atoms with van der Waals surface area (Å²) in [5.41, 5.74) is 3.51. The Hall–Kier alpha value is -3.32. The van der Waals surface area contributed by atoms with Gasteiger partial charge in [-0.15, -0.1) is 11.3 Å². The molecule has 4 aromatic rings. The highest BCUT2D eigenvalue weighted by Gasteiger charge is 2.18. The molecule has 0 atom stereocenters. The Morgan fingerprint density at radius 2 is 1.90 bits per heavy atom. The van der Waals surface area contributed by atoms with Crippen LogP contribution in [0.15, 0.2) is 55.0 Å². The summed E-state index contributed by atoms with van der Waals surface area (Å²) >= 11 is 1.56. The number of hydrogen-bond donors (Lipinski definition) is 1. The Labute approximate surface area is 179 Å². The molecule has 0 amide bonds. The van der Waals surface area contributed by atoms with E-state index in [2.05, 4.69) is 15.0 Å². The molecule has 1 aromatic carbocycles. The van der Waals surface area contributed by atoms with Gasteiger partial charge in [-0.1, -0.05) is 0 Å².